The Morgan fingerprint density at radius 1 is 1.19 bits per heavy atom. The van der Waals surface area contributed by atoms with Crippen LogP contribution in [0.2, 0.25) is 0 Å². The van der Waals surface area contributed by atoms with Crippen LogP contribution in [0, 0.1) is 10.1 Å². The average Bonchev–Trinajstić information content (AvgIpc) is 3.06. The predicted octanol–water partition coefficient (Wildman–Crippen LogP) is 2.58. The maximum Gasteiger partial charge on any atom is 0.270 e. The maximum atomic E-state index is 11.1. The highest BCUT2D eigenvalue weighted by Crippen LogP contribution is 2.25. The van der Waals surface area contributed by atoms with E-state index in [0.29, 0.717) is 24.6 Å². The third-order valence-corrected chi connectivity index (χ3v) is 4.22. The van der Waals surface area contributed by atoms with Crippen LogP contribution in [-0.4, -0.2) is 51.8 Å². The normalized spacial score (nSPS) is 15.0. The molecule has 0 N–H and O–H groups in total. The fourth-order valence-corrected chi connectivity index (χ4v) is 2.92. The molecular formula is C18H17N5O3. The number of imidazole rings is 1. The van der Waals surface area contributed by atoms with Crippen LogP contribution in [0.25, 0.3) is 16.9 Å². The minimum absolute atomic E-state index is 0.0405. The lowest BCUT2D eigenvalue weighted by Crippen LogP contribution is -2.32. The van der Waals surface area contributed by atoms with E-state index in [9.17, 15) is 10.1 Å². The summed E-state index contributed by atoms with van der Waals surface area (Å²) in [5.41, 5.74) is 2.34. The first-order chi connectivity index (χ1) is 12.7. The summed E-state index contributed by atoms with van der Waals surface area (Å²) < 4.78 is 7.24. The van der Waals surface area contributed by atoms with Crippen molar-refractivity contribution in [3.05, 3.63) is 64.5 Å². The fourth-order valence-electron chi connectivity index (χ4n) is 2.92. The summed E-state index contributed by atoms with van der Waals surface area (Å²) in [6.07, 6.45) is 3.63. The molecule has 4 rings (SSSR count). The number of hydrazone groups is 1. The minimum Gasteiger partial charge on any atom is -0.378 e. The SMILES string of the molecule is O=[N+]([O-])c1cccc(-c2nc(/C=N/N3CCOCC3)c3ccccn23)c1. The second-order valence-corrected chi connectivity index (χ2v) is 5.89. The van der Waals surface area contributed by atoms with Gasteiger partial charge in [-0.15, -0.1) is 0 Å². The van der Waals surface area contributed by atoms with Gasteiger partial charge in [0.1, 0.15) is 11.5 Å². The number of nitro groups is 1. The molecule has 8 nitrogen and oxygen atoms in total. The number of hydrogen-bond acceptors (Lipinski definition) is 6. The first kappa shape index (κ1) is 16.2. The van der Waals surface area contributed by atoms with Crippen LogP contribution in [0.1, 0.15) is 5.69 Å². The average molecular weight is 351 g/mol. The van der Waals surface area contributed by atoms with E-state index in [1.54, 1.807) is 12.3 Å². The highest BCUT2D eigenvalue weighted by Gasteiger charge is 2.15. The first-order valence-electron chi connectivity index (χ1n) is 8.31. The summed E-state index contributed by atoms with van der Waals surface area (Å²) in [6, 6.07) is 12.3. The van der Waals surface area contributed by atoms with Crippen molar-refractivity contribution in [2.24, 2.45) is 5.10 Å². The van der Waals surface area contributed by atoms with Gasteiger partial charge in [0.25, 0.3) is 5.69 Å². The number of hydrogen-bond donors (Lipinski definition) is 0. The molecule has 8 heteroatoms. The van der Waals surface area contributed by atoms with Crippen LogP contribution < -0.4 is 0 Å². The topological polar surface area (TPSA) is 85.3 Å². The van der Waals surface area contributed by atoms with Gasteiger partial charge in [-0.3, -0.25) is 19.5 Å². The molecule has 3 heterocycles. The van der Waals surface area contributed by atoms with E-state index in [0.717, 1.165) is 24.3 Å². The zero-order valence-electron chi connectivity index (χ0n) is 14.0. The predicted molar refractivity (Wildman–Crippen MR) is 97.3 cm³/mol. The molecule has 3 aromatic rings. The third kappa shape index (κ3) is 3.14. The standard InChI is InChI=1S/C18H17N5O3/c24-23(25)15-5-3-4-14(12-15)18-20-16(17-6-1-2-7-22(17)18)13-19-21-8-10-26-11-9-21/h1-7,12-13H,8-11H2/b19-13+. The molecule has 26 heavy (non-hydrogen) atoms. The second-order valence-electron chi connectivity index (χ2n) is 5.89. The molecule has 0 spiro atoms. The Hall–Kier alpha value is -3.26. The van der Waals surface area contributed by atoms with E-state index in [1.807, 2.05) is 39.9 Å². The Kier molecular flexibility index (Phi) is 4.32. The molecule has 0 atom stereocenters. The van der Waals surface area contributed by atoms with Crippen LogP contribution in [0.5, 0.6) is 0 Å². The molecule has 1 fully saturated rings. The largest absolute Gasteiger partial charge is 0.378 e. The van der Waals surface area contributed by atoms with Gasteiger partial charge in [-0.1, -0.05) is 18.2 Å². The molecule has 0 amide bonds. The number of non-ortho nitro benzene ring substituents is 1. The van der Waals surface area contributed by atoms with Crippen molar-refractivity contribution in [1.29, 1.82) is 0 Å². The molecular weight excluding hydrogens is 334 g/mol. The van der Waals surface area contributed by atoms with Crippen molar-refractivity contribution in [3.63, 3.8) is 0 Å². The molecule has 2 aromatic heterocycles. The van der Waals surface area contributed by atoms with Crippen molar-refractivity contribution in [3.8, 4) is 11.4 Å². The van der Waals surface area contributed by atoms with Gasteiger partial charge in [-0.25, -0.2) is 4.98 Å². The quantitative estimate of drug-likeness (QED) is 0.410. The molecule has 1 aliphatic heterocycles. The van der Waals surface area contributed by atoms with Gasteiger partial charge < -0.3 is 4.74 Å². The highest BCUT2D eigenvalue weighted by molar-refractivity contribution is 5.89. The number of ether oxygens (including phenoxy) is 1. The first-order valence-corrected chi connectivity index (χ1v) is 8.31. The Morgan fingerprint density at radius 3 is 2.85 bits per heavy atom. The molecule has 0 unspecified atom stereocenters. The van der Waals surface area contributed by atoms with E-state index in [-0.39, 0.29) is 5.69 Å². The smallest absolute Gasteiger partial charge is 0.270 e. The minimum atomic E-state index is -0.403. The van der Waals surface area contributed by atoms with Gasteiger partial charge >= 0.3 is 0 Å². The number of rotatable bonds is 4. The fraction of sp³-hybridized carbons (Fsp3) is 0.222. The summed E-state index contributed by atoms with van der Waals surface area (Å²) in [4.78, 5) is 15.3. The number of nitro benzene ring substituents is 1. The zero-order chi connectivity index (χ0) is 17.9. The second kappa shape index (κ2) is 6.93. The molecule has 0 bridgehead atoms. The summed E-state index contributed by atoms with van der Waals surface area (Å²) in [7, 11) is 0. The molecule has 1 aromatic carbocycles. The number of aromatic nitrogens is 2. The lowest BCUT2D eigenvalue weighted by Gasteiger charge is -2.23. The summed E-state index contributed by atoms with van der Waals surface area (Å²) in [5, 5.41) is 17.5. The van der Waals surface area contributed by atoms with Crippen molar-refractivity contribution < 1.29 is 9.66 Å². The molecule has 0 radical (unpaired) electrons. The van der Waals surface area contributed by atoms with Crippen LogP contribution in [0.4, 0.5) is 5.69 Å². The van der Waals surface area contributed by atoms with Crippen LogP contribution in [0.3, 0.4) is 0 Å². The van der Waals surface area contributed by atoms with Crippen LogP contribution in [0.15, 0.2) is 53.8 Å². The van der Waals surface area contributed by atoms with E-state index in [2.05, 4.69) is 10.1 Å². The van der Waals surface area contributed by atoms with Crippen molar-refractivity contribution >= 4 is 17.4 Å². The van der Waals surface area contributed by atoms with Gasteiger partial charge in [0.05, 0.1) is 43.0 Å². The van der Waals surface area contributed by atoms with Crippen molar-refractivity contribution in [2.75, 3.05) is 26.3 Å². The monoisotopic (exact) mass is 351 g/mol. The lowest BCUT2D eigenvalue weighted by molar-refractivity contribution is -0.384. The molecule has 1 saturated heterocycles. The number of pyridine rings is 1. The highest BCUT2D eigenvalue weighted by atomic mass is 16.6. The van der Waals surface area contributed by atoms with Gasteiger partial charge in [0, 0.05) is 23.9 Å². The maximum absolute atomic E-state index is 11.1. The van der Waals surface area contributed by atoms with Crippen molar-refractivity contribution in [2.45, 2.75) is 0 Å². The zero-order valence-corrected chi connectivity index (χ0v) is 14.0. The van der Waals surface area contributed by atoms with E-state index in [1.165, 1.54) is 12.1 Å². The molecule has 0 aliphatic carbocycles. The van der Waals surface area contributed by atoms with Crippen LogP contribution in [-0.2, 0) is 4.74 Å². The van der Waals surface area contributed by atoms with Crippen molar-refractivity contribution in [1.82, 2.24) is 14.4 Å². The summed E-state index contributed by atoms with van der Waals surface area (Å²) >= 11 is 0. The van der Waals surface area contributed by atoms with E-state index in [4.69, 9.17) is 4.74 Å². The molecule has 0 saturated carbocycles. The molecule has 1 aliphatic rings. The number of fused-ring (bicyclic) bond motifs is 1. The van der Waals surface area contributed by atoms with Gasteiger partial charge in [0.15, 0.2) is 0 Å². The molecule has 132 valence electrons. The van der Waals surface area contributed by atoms with Gasteiger partial charge in [-0.05, 0) is 12.1 Å². The number of nitrogens with zero attached hydrogens (tertiary/aromatic N) is 5. The van der Waals surface area contributed by atoms with E-state index < -0.39 is 4.92 Å². The summed E-state index contributed by atoms with van der Waals surface area (Å²) in [6.45, 7) is 2.83. The number of morpholine rings is 1. The van der Waals surface area contributed by atoms with Gasteiger partial charge in [0.2, 0.25) is 0 Å². The lowest BCUT2D eigenvalue weighted by atomic mass is 10.2. The third-order valence-electron chi connectivity index (χ3n) is 4.22. The Labute approximate surface area is 149 Å². The number of benzene rings is 1. The Morgan fingerprint density at radius 2 is 2.04 bits per heavy atom. The summed E-state index contributed by atoms with van der Waals surface area (Å²) in [5.74, 6) is 0.646. The van der Waals surface area contributed by atoms with Gasteiger partial charge in [-0.2, -0.15) is 5.10 Å². The Balaban J connectivity index is 1.75. The Bertz CT molecular complexity index is 976. The van der Waals surface area contributed by atoms with E-state index >= 15 is 0 Å². The van der Waals surface area contributed by atoms with Crippen LogP contribution >= 0.6 is 0 Å².